The van der Waals surface area contributed by atoms with Crippen LogP contribution in [0.15, 0.2) is 30.9 Å². The smallest absolute Gasteiger partial charge is 0.328 e. The van der Waals surface area contributed by atoms with Gasteiger partial charge < -0.3 is 4.90 Å². The van der Waals surface area contributed by atoms with Crippen molar-refractivity contribution in [1.82, 2.24) is 9.80 Å². The molecule has 11 heteroatoms. The molecule has 0 radical (unpaired) electrons. The van der Waals surface area contributed by atoms with Crippen LogP contribution in [0.25, 0.3) is 0 Å². The Kier molecular flexibility index (Phi) is 5.33. The van der Waals surface area contributed by atoms with Crippen molar-refractivity contribution in [2.45, 2.75) is 19.1 Å². The first kappa shape index (κ1) is 20.1. The molecule has 1 aliphatic rings. The van der Waals surface area contributed by atoms with Gasteiger partial charge in [-0.3, -0.25) is 29.4 Å². The number of carbonyl (C=O) groups is 3. The van der Waals surface area contributed by atoms with Gasteiger partial charge >= 0.3 is 6.18 Å². The highest BCUT2D eigenvalue weighted by Gasteiger charge is 2.46. The highest BCUT2D eigenvalue weighted by atomic mass is 19.4. The number of halogens is 3. The van der Waals surface area contributed by atoms with Crippen molar-refractivity contribution in [3.63, 3.8) is 0 Å². The lowest BCUT2D eigenvalue weighted by Gasteiger charge is -2.29. The summed E-state index contributed by atoms with van der Waals surface area (Å²) in [6.07, 6.45) is -3.62. The third kappa shape index (κ3) is 3.81. The second-order valence-electron chi connectivity index (χ2n) is 5.74. The number of fused-ring (bicyclic) bond motifs is 1. The quantitative estimate of drug-likeness (QED) is 0.323. The second kappa shape index (κ2) is 7.17. The normalized spacial score (nSPS) is 14.7. The van der Waals surface area contributed by atoms with Crippen LogP contribution < -0.4 is 0 Å². The fourth-order valence-corrected chi connectivity index (χ4v) is 2.77. The lowest BCUT2D eigenvalue weighted by atomic mass is 10.1. The Labute approximate surface area is 151 Å². The average Bonchev–Trinajstić information content (AvgIpc) is 2.83. The Hall–Kier alpha value is -3.24. The van der Waals surface area contributed by atoms with E-state index in [4.69, 9.17) is 0 Å². The Balaban J connectivity index is 2.37. The predicted octanol–water partition coefficient (Wildman–Crippen LogP) is 2.16. The van der Waals surface area contributed by atoms with Gasteiger partial charge in [-0.1, -0.05) is 12.1 Å². The first-order chi connectivity index (χ1) is 12.5. The molecule has 1 aromatic carbocycles. The maximum absolute atomic E-state index is 12.7. The van der Waals surface area contributed by atoms with Gasteiger partial charge in [0.1, 0.15) is 18.2 Å². The molecule has 8 nitrogen and oxygen atoms in total. The van der Waals surface area contributed by atoms with Crippen molar-refractivity contribution in [3.8, 4) is 0 Å². The zero-order chi connectivity index (χ0) is 20.5. The largest absolute Gasteiger partial charge is 0.406 e. The number of alkyl halides is 3. The predicted molar refractivity (Wildman–Crippen MR) is 85.9 cm³/mol. The lowest BCUT2D eigenvalue weighted by Crippen LogP contribution is -2.51. The molecule has 0 bridgehead atoms. The van der Waals surface area contributed by atoms with Crippen LogP contribution in [-0.2, 0) is 4.79 Å². The molecule has 0 aromatic heterocycles. The highest BCUT2D eigenvalue weighted by molar-refractivity contribution is 6.24. The fraction of sp³-hybridized carbons (Fsp3) is 0.312. The minimum absolute atomic E-state index is 0.278. The van der Waals surface area contributed by atoms with Crippen LogP contribution in [0.2, 0.25) is 0 Å². The van der Waals surface area contributed by atoms with E-state index in [9.17, 15) is 37.7 Å². The molecule has 1 aromatic rings. The molecule has 0 spiro atoms. The van der Waals surface area contributed by atoms with Gasteiger partial charge in [0.25, 0.3) is 17.5 Å². The molecule has 1 aliphatic heterocycles. The number of carbonyl (C=O) groups excluding carboxylic acids is 3. The van der Waals surface area contributed by atoms with Crippen LogP contribution in [0.3, 0.4) is 0 Å². The minimum Gasteiger partial charge on any atom is -0.328 e. The summed E-state index contributed by atoms with van der Waals surface area (Å²) < 4.78 is 38.1. The molecule has 2 rings (SSSR count). The Morgan fingerprint density at radius 2 is 2.00 bits per heavy atom. The SMILES string of the molecule is C=CCN(CC(F)(F)F)C(=O)C(C)N1C(=O)c2cccc([N+](=O)[O-])c2C1=O. The van der Waals surface area contributed by atoms with Crippen LogP contribution >= 0.6 is 0 Å². The summed E-state index contributed by atoms with van der Waals surface area (Å²) in [4.78, 5) is 48.5. The van der Waals surface area contributed by atoms with Gasteiger partial charge in [-0.25, -0.2) is 0 Å². The summed E-state index contributed by atoms with van der Waals surface area (Å²) in [5, 5.41) is 11.1. The molecule has 144 valence electrons. The summed E-state index contributed by atoms with van der Waals surface area (Å²) >= 11 is 0. The number of nitro groups is 1. The van der Waals surface area contributed by atoms with Gasteiger partial charge in [-0.2, -0.15) is 13.2 Å². The van der Waals surface area contributed by atoms with Gasteiger partial charge in [-0.15, -0.1) is 6.58 Å². The van der Waals surface area contributed by atoms with Crippen molar-refractivity contribution in [2.24, 2.45) is 0 Å². The summed E-state index contributed by atoms with van der Waals surface area (Å²) in [7, 11) is 0. The molecule has 1 heterocycles. The van der Waals surface area contributed by atoms with Crippen molar-refractivity contribution < 1.29 is 32.5 Å². The monoisotopic (exact) mass is 385 g/mol. The van der Waals surface area contributed by atoms with Crippen molar-refractivity contribution >= 4 is 23.4 Å². The van der Waals surface area contributed by atoms with Crippen molar-refractivity contribution in [2.75, 3.05) is 13.1 Å². The molecule has 0 fully saturated rings. The maximum atomic E-state index is 12.7. The van der Waals surface area contributed by atoms with Crippen LogP contribution in [0, 0.1) is 10.1 Å². The zero-order valence-corrected chi connectivity index (χ0v) is 14.0. The molecule has 1 atom stereocenters. The van der Waals surface area contributed by atoms with E-state index in [2.05, 4.69) is 6.58 Å². The van der Waals surface area contributed by atoms with Gasteiger partial charge in [0.2, 0.25) is 5.91 Å². The molecule has 0 saturated carbocycles. The number of nitrogens with zero attached hydrogens (tertiary/aromatic N) is 3. The molecule has 0 saturated heterocycles. The summed E-state index contributed by atoms with van der Waals surface area (Å²) in [5.74, 6) is -3.22. The zero-order valence-electron chi connectivity index (χ0n) is 14.0. The van der Waals surface area contributed by atoms with Gasteiger partial charge in [0.15, 0.2) is 0 Å². The van der Waals surface area contributed by atoms with Gasteiger partial charge in [0, 0.05) is 12.6 Å². The van der Waals surface area contributed by atoms with E-state index < -0.39 is 59.2 Å². The first-order valence-electron chi connectivity index (χ1n) is 7.61. The highest BCUT2D eigenvalue weighted by Crippen LogP contribution is 2.32. The molecule has 0 aliphatic carbocycles. The number of benzene rings is 1. The minimum atomic E-state index is -4.70. The molecule has 27 heavy (non-hydrogen) atoms. The van der Waals surface area contributed by atoms with E-state index >= 15 is 0 Å². The Morgan fingerprint density at radius 1 is 1.37 bits per heavy atom. The van der Waals surface area contributed by atoms with E-state index in [0.29, 0.717) is 9.80 Å². The van der Waals surface area contributed by atoms with Crippen molar-refractivity contribution in [1.29, 1.82) is 0 Å². The van der Waals surface area contributed by atoms with Crippen molar-refractivity contribution in [3.05, 3.63) is 52.1 Å². The molecule has 3 amide bonds. The van der Waals surface area contributed by atoms with E-state index in [1.165, 1.54) is 12.1 Å². The standard InChI is InChI=1S/C16H14F3N3O5/c1-3-7-20(8-16(17,18)19)13(23)9(2)21-14(24)10-5-4-6-11(22(26)27)12(10)15(21)25/h3-6,9H,1,7-8H2,2H3. The molecule has 0 N–H and O–H groups in total. The Morgan fingerprint density at radius 3 is 2.52 bits per heavy atom. The number of hydrogen-bond donors (Lipinski definition) is 0. The molecular formula is C16H14F3N3O5. The topological polar surface area (TPSA) is 101 Å². The van der Waals surface area contributed by atoms with E-state index in [1.54, 1.807) is 0 Å². The van der Waals surface area contributed by atoms with E-state index in [1.807, 2.05) is 0 Å². The van der Waals surface area contributed by atoms with E-state index in [0.717, 1.165) is 19.1 Å². The van der Waals surface area contributed by atoms with Crippen LogP contribution in [-0.4, -0.2) is 57.8 Å². The first-order valence-corrected chi connectivity index (χ1v) is 7.61. The average molecular weight is 385 g/mol. The third-order valence-corrected chi connectivity index (χ3v) is 3.90. The summed E-state index contributed by atoms with van der Waals surface area (Å²) in [5.41, 5.74) is -1.38. The summed E-state index contributed by atoms with van der Waals surface area (Å²) in [6, 6.07) is 1.82. The lowest BCUT2D eigenvalue weighted by molar-refractivity contribution is -0.385. The molecule has 1 unspecified atom stereocenters. The third-order valence-electron chi connectivity index (χ3n) is 3.90. The van der Waals surface area contributed by atoms with Gasteiger partial charge in [-0.05, 0) is 13.0 Å². The van der Waals surface area contributed by atoms with E-state index in [-0.39, 0.29) is 5.56 Å². The van der Waals surface area contributed by atoms with Gasteiger partial charge in [0.05, 0.1) is 10.5 Å². The number of imide groups is 1. The van der Waals surface area contributed by atoms with Crippen LogP contribution in [0.4, 0.5) is 18.9 Å². The number of rotatable bonds is 6. The number of amides is 3. The number of hydrogen-bond acceptors (Lipinski definition) is 5. The second-order valence-corrected chi connectivity index (χ2v) is 5.74. The summed E-state index contributed by atoms with van der Waals surface area (Å²) in [6.45, 7) is 2.32. The maximum Gasteiger partial charge on any atom is 0.406 e. The fourth-order valence-electron chi connectivity index (χ4n) is 2.77. The molecular weight excluding hydrogens is 371 g/mol. The van der Waals surface area contributed by atoms with Crippen LogP contribution in [0.5, 0.6) is 0 Å². The van der Waals surface area contributed by atoms with Crippen LogP contribution in [0.1, 0.15) is 27.6 Å². The number of nitro benzene ring substituents is 1. The Bertz CT molecular complexity index is 837.